The monoisotopic (exact) mass is 281 g/mol. The van der Waals surface area contributed by atoms with Crippen LogP contribution in [0.3, 0.4) is 0 Å². The second-order valence-corrected chi connectivity index (χ2v) is 5.41. The average Bonchev–Trinajstić information content (AvgIpc) is 3.00. The van der Waals surface area contributed by atoms with Crippen LogP contribution in [0.2, 0.25) is 0 Å². The lowest BCUT2D eigenvalue weighted by Gasteiger charge is -2.24. The van der Waals surface area contributed by atoms with E-state index in [4.69, 9.17) is 0 Å². The van der Waals surface area contributed by atoms with E-state index < -0.39 is 6.04 Å². The van der Waals surface area contributed by atoms with Crippen LogP contribution >= 0.6 is 11.3 Å². The van der Waals surface area contributed by atoms with Crippen molar-refractivity contribution in [3.05, 3.63) is 16.6 Å². The summed E-state index contributed by atoms with van der Waals surface area (Å²) in [6.45, 7) is 4.54. The van der Waals surface area contributed by atoms with Gasteiger partial charge >= 0.3 is 0 Å². The molecule has 104 valence electrons. The predicted octanol–water partition coefficient (Wildman–Crippen LogP) is 1.55. The molecule has 1 unspecified atom stereocenters. The van der Waals surface area contributed by atoms with Crippen LogP contribution < -0.4 is 5.32 Å². The standard InChI is InChI=1S/C13H19N3O2S/c1-3-10(4-2)16-12(17)5-11(13(16)18)14-6-9-7-19-8-15-9/h7-8,10-11,14H,3-6H2,1-2H3. The molecule has 0 radical (unpaired) electrons. The number of hydrogen-bond donors (Lipinski definition) is 1. The molecule has 1 aliphatic heterocycles. The van der Waals surface area contributed by atoms with Crippen LogP contribution in [0, 0.1) is 0 Å². The lowest BCUT2D eigenvalue weighted by molar-refractivity contribution is -0.141. The molecular weight excluding hydrogens is 262 g/mol. The van der Waals surface area contributed by atoms with E-state index in [9.17, 15) is 9.59 Å². The molecule has 1 N–H and O–H groups in total. The summed E-state index contributed by atoms with van der Waals surface area (Å²) >= 11 is 1.52. The number of hydrogen-bond acceptors (Lipinski definition) is 5. The van der Waals surface area contributed by atoms with Crippen LogP contribution in [0.15, 0.2) is 10.9 Å². The SMILES string of the molecule is CCC(CC)N1C(=O)CC(NCc2cscn2)C1=O. The number of likely N-dealkylation sites (tertiary alicyclic amines) is 1. The lowest BCUT2D eigenvalue weighted by atomic mass is 10.1. The van der Waals surface area contributed by atoms with Crippen LogP contribution in [0.4, 0.5) is 0 Å². The quantitative estimate of drug-likeness (QED) is 0.804. The zero-order valence-electron chi connectivity index (χ0n) is 11.3. The van der Waals surface area contributed by atoms with E-state index >= 15 is 0 Å². The maximum absolute atomic E-state index is 12.3. The summed E-state index contributed by atoms with van der Waals surface area (Å²) in [7, 11) is 0. The Hall–Kier alpha value is -1.27. The molecule has 1 fully saturated rings. The maximum Gasteiger partial charge on any atom is 0.247 e. The molecule has 0 aliphatic carbocycles. The first-order valence-electron chi connectivity index (χ1n) is 6.63. The van der Waals surface area contributed by atoms with Gasteiger partial charge in [-0.3, -0.25) is 19.8 Å². The van der Waals surface area contributed by atoms with Crippen LogP contribution in [0.5, 0.6) is 0 Å². The van der Waals surface area contributed by atoms with Crippen LogP contribution in [0.1, 0.15) is 38.8 Å². The maximum atomic E-state index is 12.3. The lowest BCUT2D eigenvalue weighted by Crippen LogP contribution is -2.43. The van der Waals surface area contributed by atoms with Crippen molar-refractivity contribution in [1.29, 1.82) is 0 Å². The minimum atomic E-state index is -0.394. The van der Waals surface area contributed by atoms with Gasteiger partial charge in [0.2, 0.25) is 11.8 Å². The Labute approximate surface area is 117 Å². The van der Waals surface area contributed by atoms with Gasteiger partial charge in [-0.05, 0) is 12.8 Å². The highest BCUT2D eigenvalue weighted by Crippen LogP contribution is 2.20. The van der Waals surface area contributed by atoms with Gasteiger partial charge in [0.25, 0.3) is 0 Å². The number of amides is 2. The number of nitrogens with one attached hydrogen (secondary N) is 1. The van der Waals surface area contributed by atoms with Crippen molar-refractivity contribution >= 4 is 23.2 Å². The molecule has 6 heteroatoms. The predicted molar refractivity (Wildman–Crippen MR) is 73.6 cm³/mol. The molecule has 2 amide bonds. The van der Waals surface area contributed by atoms with Gasteiger partial charge in [0.1, 0.15) is 0 Å². The fourth-order valence-corrected chi connectivity index (χ4v) is 2.96. The second kappa shape index (κ2) is 6.25. The van der Waals surface area contributed by atoms with E-state index in [1.54, 1.807) is 5.51 Å². The van der Waals surface area contributed by atoms with Crippen LogP contribution in [0.25, 0.3) is 0 Å². The summed E-state index contributed by atoms with van der Waals surface area (Å²) < 4.78 is 0. The minimum Gasteiger partial charge on any atom is -0.300 e. The zero-order chi connectivity index (χ0) is 13.8. The summed E-state index contributed by atoms with van der Waals surface area (Å²) in [6.07, 6.45) is 1.89. The first-order valence-corrected chi connectivity index (χ1v) is 7.58. The van der Waals surface area contributed by atoms with Crippen molar-refractivity contribution in [1.82, 2.24) is 15.2 Å². The summed E-state index contributed by atoms with van der Waals surface area (Å²) in [6, 6.07) is -0.360. The zero-order valence-corrected chi connectivity index (χ0v) is 12.1. The molecule has 1 atom stereocenters. The van der Waals surface area contributed by atoms with Crippen molar-refractivity contribution in [3.63, 3.8) is 0 Å². The number of carbonyl (C=O) groups is 2. The number of thiazole rings is 1. The molecule has 1 saturated heterocycles. The highest BCUT2D eigenvalue weighted by molar-refractivity contribution is 7.07. The van der Waals surface area contributed by atoms with Crippen molar-refractivity contribution in [2.45, 2.75) is 51.7 Å². The average molecular weight is 281 g/mol. The van der Waals surface area contributed by atoms with Crippen LogP contribution in [-0.2, 0) is 16.1 Å². The minimum absolute atomic E-state index is 0.0334. The number of nitrogens with zero attached hydrogens (tertiary/aromatic N) is 2. The number of carbonyl (C=O) groups excluding carboxylic acids is 2. The van der Waals surface area contributed by atoms with Crippen molar-refractivity contribution in [2.24, 2.45) is 0 Å². The highest BCUT2D eigenvalue weighted by Gasteiger charge is 2.40. The molecule has 0 spiro atoms. The van der Waals surface area contributed by atoms with E-state index in [-0.39, 0.29) is 24.3 Å². The molecule has 19 heavy (non-hydrogen) atoms. The summed E-state index contributed by atoms with van der Waals surface area (Å²) in [4.78, 5) is 29.8. The van der Waals surface area contributed by atoms with Gasteiger partial charge in [-0.15, -0.1) is 11.3 Å². The molecule has 0 bridgehead atoms. The van der Waals surface area contributed by atoms with Gasteiger partial charge in [0.05, 0.1) is 23.7 Å². The van der Waals surface area contributed by atoms with Gasteiger partial charge in [-0.25, -0.2) is 4.98 Å². The van der Waals surface area contributed by atoms with E-state index in [0.29, 0.717) is 6.54 Å². The highest BCUT2D eigenvalue weighted by atomic mass is 32.1. The Kier molecular flexibility index (Phi) is 4.66. The molecule has 1 aromatic heterocycles. The number of aromatic nitrogens is 1. The molecule has 0 aromatic carbocycles. The second-order valence-electron chi connectivity index (χ2n) is 4.69. The van der Waals surface area contributed by atoms with Gasteiger partial charge in [-0.1, -0.05) is 13.8 Å². The van der Waals surface area contributed by atoms with E-state index in [1.165, 1.54) is 16.2 Å². The van der Waals surface area contributed by atoms with Gasteiger partial charge < -0.3 is 0 Å². The summed E-state index contributed by atoms with van der Waals surface area (Å²) in [5.74, 6) is -0.150. The van der Waals surface area contributed by atoms with Gasteiger partial charge in [-0.2, -0.15) is 0 Å². The fourth-order valence-electron chi connectivity index (χ4n) is 2.40. The Balaban J connectivity index is 1.97. The third-order valence-electron chi connectivity index (χ3n) is 3.50. The van der Waals surface area contributed by atoms with Crippen molar-refractivity contribution in [2.75, 3.05) is 0 Å². The van der Waals surface area contributed by atoms with E-state index in [0.717, 1.165) is 18.5 Å². The summed E-state index contributed by atoms with van der Waals surface area (Å²) in [5, 5.41) is 5.07. The Bertz CT molecular complexity index is 443. The third kappa shape index (κ3) is 3.01. The van der Waals surface area contributed by atoms with Crippen LogP contribution in [-0.4, -0.2) is 33.8 Å². The molecule has 2 rings (SSSR count). The number of imide groups is 1. The Morgan fingerprint density at radius 2 is 2.21 bits per heavy atom. The first kappa shape index (κ1) is 14.1. The molecule has 2 heterocycles. The van der Waals surface area contributed by atoms with Gasteiger partial charge in [0.15, 0.2) is 0 Å². The topological polar surface area (TPSA) is 62.3 Å². The first-order chi connectivity index (χ1) is 9.17. The molecule has 5 nitrogen and oxygen atoms in total. The Morgan fingerprint density at radius 3 is 2.79 bits per heavy atom. The van der Waals surface area contributed by atoms with Gasteiger partial charge in [0, 0.05) is 18.0 Å². The smallest absolute Gasteiger partial charge is 0.247 e. The van der Waals surface area contributed by atoms with Crippen molar-refractivity contribution < 1.29 is 9.59 Å². The molecule has 1 aliphatic rings. The third-order valence-corrected chi connectivity index (χ3v) is 4.14. The normalized spacial score (nSPS) is 19.7. The Morgan fingerprint density at radius 1 is 1.47 bits per heavy atom. The van der Waals surface area contributed by atoms with Crippen molar-refractivity contribution in [3.8, 4) is 0 Å². The number of rotatable bonds is 6. The van der Waals surface area contributed by atoms with E-state index in [1.807, 2.05) is 19.2 Å². The fraction of sp³-hybridized carbons (Fsp3) is 0.615. The largest absolute Gasteiger partial charge is 0.300 e. The molecular formula is C13H19N3O2S. The molecule has 0 saturated carbocycles. The summed E-state index contributed by atoms with van der Waals surface area (Å²) in [5.41, 5.74) is 2.67. The van der Waals surface area contributed by atoms with E-state index in [2.05, 4.69) is 10.3 Å². The molecule has 1 aromatic rings.